The second-order valence-corrected chi connectivity index (χ2v) is 9.63. The smallest absolute Gasteiger partial charge is 0.129 e. The van der Waals surface area contributed by atoms with E-state index >= 15 is 0 Å². The molecule has 0 bridgehead atoms. The fourth-order valence-corrected chi connectivity index (χ4v) is 5.12. The molecule has 1 atom stereocenters. The van der Waals surface area contributed by atoms with Crippen molar-refractivity contribution < 1.29 is 14.2 Å². The molecule has 0 N–H and O–H groups in total. The Hall–Kier alpha value is -2.89. The van der Waals surface area contributed by atoms with Gasteiger partial charge in [-0.15, -0.1) is 0 Å². The summed E-state index contributed by atoms with van der Waals surface area (Å²) in [6.45, 7) is 13.7. The Labute approximate surface area is 222 Å². The highest BCUT2D eigenvalue weighted by molar-refractivity contribution is 5.69. The van der Waals surface area contributed by atoms with Crippen LogP contribution in [0, 0.1) is 0 Å². The minimum Gasteiger partial charge on any atom is -0.493 e. The first-order valence-corrected chi connectivity index (χ1v) is 14.0. The van der Waals surface area contributed by atoms with Crippen LogP contribution >= 0.6 is 0 Å². The molecule has 2 heterocycles. The first-order valence-electron chi connectivity index (χ1n) is 14.0. The minimum absolute atomic E-state index is 0.126. The van der Waals surface area contributed by atoms with Gasteiger partial charge in [0.1, 0.15) is 17.6 Å². The maximum absolute atomic E-state index is 6.63. The molecular weight excluding hydrogens is 460 g/mol. The molecule has 37 heavy (non-hydrogen) atoms. The first-order chi connectivity index (χ1) is 18.2. The molecule has 0 saturated carbocycles. The van der Waals surface area contributed by atoms with Gasteiger partial charge >= 0.3 is 0 Å². The second-order valence-electron chi connectivity index (χ2n) is 9.63. The maximum Gasteiger partial charge on any atom is 0.129 e. The summed E-state index contributed by atoms with van der Waals surface area (Å²) >= 11 is 0. The van der Waals surface area contributed by atoms with E-state index in [1.807, 2.05) is 13.1 Å². The molecule has 1 aliphatic heterocycles. The van der Waals surface area contributed by atoms with Crippen LogP contribution in [0.4, 0.5) is 0 Å². The summed E-state index contributed by atoms with van der Waals surface area (Å²) in [5, 5.41) is 0. The van der Waals surface area contributed by atoms with Crippen molar-refractivity contribution in [2.24, 2.45) is 0 Å². The zero-order valence-electron chi connectivity index (χ0n) is 23.0. The van der Waals surface area contributed by atoms with E-state index in [1.54, 1.807) is 0 Å². The first kappa shape index (κ1) is 27.2. The van der Waals surface area contributed by atoms with Crippen molar-refractivity contribution in [1.29, 1.82) is 0 Å². The number of aryl methyl sites for hydroxylation is 2. The topological polar surface area (TPSA) is 43.8 Å². The standard InChI is InChI=1S/C32H42N2O3/c1-5-11-30(37-27-15-9-12-24(20-27)23-34-16-18-35-19-17-34)28-22-33-29(21-31(28)36-8-4)32-25(6-2)13-10-14-26(32)7-3/h9-10,12-15,20-22,30H,5-8,11,16-19,23H2,1-4H3. The second kappa shape index (κ2) is 13.6. The van der Waals surface area contributed by atoms with E-state index in [2.05, 4.69) is 74.2 Å². The minimum atomic E-state index is -0.126. The van der Waals surface area contributed by atoms with E-state index in [-0.39, 0.29) is 6.10 Å². The van der Waals surface area contributed by atoms with Gasteiger partial charge in [0.15, 0.2) is 0 Å². The zero-order chi connectivity index (χ0) is 26.0. The fraction of sp³-hybridized carbons (Fsp3) is 0.469. The average Bonchev–Trinajstić information content (AvgIpc) is 2.93. The quantitative estimate of drug-likeness (QED) is 0.266. The van der Waals surface area contributed by atoms with Crippen molar-refractivity contribution in [1.82, 2.24) is 9.88 Å². The largest absolute Gasteiger partial charge is 0.493 e. The molecular formula is C32H42N2O3. The molecule has 1 fully saturated rings. The van der Waals surface area contributed by atoms with Gasteiger partial charge in [0, 0.05) is 37.5 Å². The number of aromatic nitrogens is 1. The van der Waals surface area contributed by atoms with Crippen LogP contribution in [0.15, 0.2) is 54.7 Å². The van der Waals surface area contributed by atoms with Crippen LogP contribution in [0.1, 0.15) is 68.9 Å². The van der Waals surface area contributed by atoms with Gasteiger partial charge < -0.3 is 14.2 Å². The van der Waals surface area contributed by atoms with Gasteiger partial charge in [-0.05, 0) is 55.0 Å². The van der Waals surface area contributed by atoms with Crippen molar-refractivity contribution >= 4 is 0 Å². The van der Waals surface area contributed by atoms with Gasteiger partial charge in [-0.1, -0.05) is 57.5 Å². The molecule has 1 aromatic heterocycles. The molecule has 3 aromatic rings. The number of rotatable bonds is 12. The summed E-state index contributed by atoms with van der Waals surface area (Å²) in [4.78, 5) is 7.40. The number of ether oxygens (including phenoxy) is 3. The number of benzene rings is 2. The predicted octanol–water partition coefficient (Wildman–Crippen LogP) is 7.02. The van der Waals surface area contributed by atoms with Crippen LogP contribution in [0.3, 0.4) is 0 Å². The Balaban J connectivity index is 1.63. The summed E-state index contributed by atoms with van der Waals surface area (Å²) in [5.41, 5.74) is 7.13. The molecule has 2 aromatic carbocycles. The van der Waals surface area contributed by atoms with Crippen molar-refractivity contribution in [3.63, 3.8) is 0 Å². The molecule has 0 aliphatic carbocycles. The van der Waals surface area contributed by atoms with Gasteiger partial charge in [0.05, 0.1) is 31.1 Å². The number of pyridine rings is 1. The summed E-state index contributed by atoms with van der Waals surface area (Å²) in [6, 6.07) is 17.2. The summed E-state index contributed by atoms with van der Waals surface area (Å²) in [6.07, 6.45) is 5.69. The molecule has 0 amide bonds. The fourth-order valence-electron chi connectivity index (χ4n) is 5.12. The summed E-state index contributed by atoms with van der Waals surface area (Å²) < 4.78 is 18.3. The predicted molar refractivity (Wildman–Crippen MR) is 150 cm³/mol. The molecule has 5 nitrogen and oxygen atoms in total. The van der Waals surface area contributed by atoms with Gasteiger partial charge in [-0.25, -0.2) is 0 Å². The van der Waals surface area contributed by atoms with Gasteiger partial charge in [-0.3, -0.25) is 9.88 Å². The Morgan fingerprint density at radius 1 is 0.946 bits per heavy atom. The molecule has 5 heteroatoms. The third kappa shape index (κ3) is 6.91. The van der Waals surface area contributed by atoms with Gasteiger partial charge in [0.25, 0.3) is 0 Å². The molecule has 1 saturated heterocycles. The van der Waals surface area contributed by atoms with Crippen LogP contribution in [0.5, 0.6) is 11.5 Å². The number of nitrogens with zero attached hydrogens (tertiary/aromatic N) is 2. The Kier molecular flexibility index (Phi) is 9.98. The molecule has 0 radical (unpaired) electrons. The lowest BCUT2D eigenvalue weighted by Gasteiger charge is -2.27. The highest BCUT2D eigenvalue weighted by Crippen LogP contribution is 2.36. The van der Waals surface area contributed by atoms with E-state index in [9.17, 15) is 0 Å². The van der Waals surface area contributed by atoms with E-state index in [4.69, 9.17) is 19.2 Å². The molecule has 1 aliphatic rings. The normalized spacial score (nSPS) is 14.9. The highest BCUT2D eigenvalue weighted by atomic mass is 16.5. The molecule has 198 valence electrons. The van der Waals surface area contributed by atoms with E-state index in [1.165, 1.54) is 22.3 Å². The van der Waals surface area contributed by atoms with E-state index < -0.39 is 0 Å². The van der Waals surface area contributed by atoms with Crippen molar-refractivity contribution in [2.45, 2.75) is 66.0 Å². The maximum atomic E-state index is 6.63. The van der Waals surface area contributed by atoms with Gasteiger partial charge in [-0.2, -0.15) is 0 Å². The van der Waals surface area contributed by atoms with Crippen LogP contribution in [0.2, 0.25) is 0 Å². The van der Waals surface area contributed by atoms with E-state index in [0.29, 0.717) is 6.61 Å². The van der Waals surface area contributed by atoms with Crippen molar-refractivity contribution in [3.05, 3.63) is 77.0 Å². The Bertz CT molecular complexity index is 1120. The van der Waals surface area contributed by atoms with Crippen molar-refractivity contribution in [3.8, 4) is 22.8 Å². The molecule has 4 rings (SSSR count). The molecule has 0 spiro atoms. The summed E-state index contributed by atoms with van der Waals surface area (Å²) in [5.74, 6) is 1.75. The monoisotopic (exact) mass is 502 g/mol. The number of hydrogen-bond donors (Lipinski definition) is 0. The lowest BCUT2D eigenvalue weighted by molar-refractivity contribution is 0.0341. The van der Waals surface area contributed by atoms with Crippen LogP contribution in [0.25, 0.3) is 11.3 Å². The lowest BCUT2D eigenvalue weighted by atomic mass is 9.94. The van der Waals surface area contributed by atoms with Crippen molar-refractivity contribution in [2.75, 3.05) is 32.9 Å². The van der Waals surface area contributed by atoms with Gasteiger partial charge in [0.2, 0.25) is 0 Å². The third-order valence-electron chi connectivity index (χ3n) is 7.03. The number of hydrogen-bond acceptors (Lipinski definition) is 5. The Morgan fingerprint density at radius 3 is 2.35 bits per heavy atom. The third-order valence-corrected chi connectivity index (χ3v) is 7.03. The van der Waals surface area contributed by atoms with E-state index in [0.717, 1.165) is 81.3 Å². The number of morpholine rings is 1. The highest BCUT2D eigenvalue weighted by Gasteiger charge is 2.21. The summed E-state index contributed by atoms with van der Waals surface area (Å²) in [7, 11) is 0. The SMILES string of the molecule is CCCC(Oc1cccc(CN2CCOCC2)c1)c1cnc(-c2c(CC)cccc2CC)cc1OCC. The van der Waals surface area contributed by atoms with Crippen LogP contribution in [-0.2, 0) is 24.1 Å². The molecule has 1 unspecified atom stereocenters. The van der Waals surface area contributed by atoms with Crippen LogP contribution < -0.4 is 9.47 Å². The zero-order valence-corrected chi connectivity index (χ0v) is 23.0. The lowest BCUT2D eigenvalue weighted by Crippen LogP contribution is -2.35. The average molecular weight is 503 g/mol. The Morgan fingerprint density at radius 2 is 1.68 bits per heavy atom. The van der Waals surface area contributed by atoms with Crippen LogP contribution in [-0.4, -0.2) is 42.8 Å².